The van der Waals surface area contributed by atoms with Gasteiger partial charge in [-0.2, -0.15) is 0 Å². The highest BCUT2D eigenvalue weighted by atomic mass is 35.5. The van der Waals surface area contributed by atoms with Crippen LogP contribution < -0.4 is 5.32 Å². The average molecular weight is 266 g/mol. The summed E-state index contributed by atoms with van der Waals surface area (Å²) >= 11 is 5.97. The van der Waals surface area contributed by atoms with Gasteiger partial charge < -0.3 is 9.73 Å². The first-order valence-corrected chi connectivity index (χ1v) is 6.86. The van der Waals surface area contributed by atoms with Crippen LogP contribution in [0.1, 0.15) is 38.9 Å². The molecule has 2 nitrogen and oxygen atoms in total. The maximum Gasteiger partial charge on any atom is 0.134 e. The molecule has 0 fully saturated rings. The molecule has 0 spiro atoms. The highest BCUT2D eigenvalue weighted by Crippen LogP contribution is 2.28. The molecule has 1 aromatic heterocycles. The largest absolute Gasteiger partial charge is 0.461 e. The molecular weight excluding hydrogens is 246 g/mol. The number of benzene rings is 1. The van der Waals surface area contributed by atoms with Crippen molar-refractivity contribution in [1.82, 2.24) is 5.32 Å². The lowest BCUT2D eigenvalue weighted by Crippen LogP contribution is -2.24. The van der Waals surface area contributed by atoms with Gasteiger partial charge in [0.25, 0.3) is 0 Å². The molecule has 0 saturated heterocycles. The molecule has 0 saturated carbocycles. The van der Waals surface area contributed by atoms with Crippen LogP contribution in [-0.2, 0) is 0 Å². The van der Waals surface area contributed by atoms with Gasteiger partial charge in [-0.05, 0) is 37.2 Å². The number of fused-ring (bicyclic) bond motifs is 1. The van der Waals surface area contributed by atoms with Crippen LogP contribution in [0.4, 0.5) is 0 Å². The molecular formula is C15H20ClNO. The number of nitrogens with one attached hydrogen (secondary N) is 1. The Morgan fingerprint density at radius 2 is 2.00 bits per heavy atom. The molecule has 2 aromatic rings. The summed E-state index contributed by atoms with van der Waals surface area (Å²) in [4.78, 5) is 0. The van der Waals surface area contributed by atoms with Crippen LogP contribution in [-0.4, -0.2) is 12.6 Å². The summed E-state index contributed by atoms with van der Waals surface area (Å²) in [6.45, 7) is 7.53. The molecule has 98 valence electrons. The van der Waals surface area contributed by atoms with E-state index in [0.29, 0.717) is 12.0 Å². The van der Waals surface area contributed by atoms with Crippen LogP contribution in [0.5, 0.6) is 0 Å². The summed E-state index contributed by atoms with van der Waals surface area (Å²) in [5.41, 5.74) is 0.915. The van der Waals surface area contributed by atoms with Crippen molar-refractivity contribution in [2.24, 2.45) is 0 Å². The summed E-state index contributed by atoms with van der Waals surface area (Å²) in [5, 5.41) is 5.26. The molecule has 1 heterocycles. The lowest BCUT2D eigenvalue weighted by molar-refractivity contribution is 0.467. The molecule has 0 aliphatic heterocycles. The number of rotatable bonds is 5. The van der Waals surface area contributed by atoms with Gasteiger partial charge in [-0.3, -0.25) is 0 Å². The Balaban J connectivity index is 2.06. The predicted octanol–water partition coefficient (Wildman–Crippen LogP) is 4.58. The molecule has 0 bridgehead atoms. The molecule has 0 aliphatic rings. The minimum absolute atomic E-state index is 0.419. The van der Waals surface area contributed by atoms with Crippen molar-refractivity contribution in [3.8, 4) is 0 Å². The number of hydrogen-bond acceptors (Lipinski definition) is 2. The maximum atomic E-state index is 5.97. The third kappa shape index (κ3) is 3.27. The van der Waals surface area contributed by atoms with E-state index in [0.717, 1.165) is 34.7 Å². The van der Waals surface area contributed by atoms with Crippen molar-refractivity contribution in [3.63, 3.8) is 0 Å². The quantitative estimate of drug-likeness (QED) is 0.856. The van der Waals surface area contributed by atoms with Crippen molar-refractivity contribution in [1.29, 1.82) is 0 Å². The Labute approximate surface area is 113 Å². The topological polar surface area (TPSA) is 25.2 Å². The second kappa shape index (κ2) is 5.77. The van der Waals surface area contributed by atoms with Crippen LogP contribution in [0, 0.1) is 0 Å². The fourth-order valence-corrected chi connectivity index (χ4v) is 2.19. The Bertz CT molecular complexity index is 518. The predicted molar refractivity (Wildman–Crippen MR) is 77.4 cm³/mol. The van der Waals surface area contributed by atoms with Crippen LogP contribution in [0.15, 0.2) is 28.7 Å². The normalized spacial score (nSPS) is 13.4. The summed E-state index contributed by atoms with van der Waals surface area (Å²) in [6.07, 6.45) is 1.08. The molecule has 2 rings (SSSR count). The van der Waals surface area contributed by atoms with Gasteiger partial charge in [-0.1, -0.05) is 32.4 Å². The number of furan rings is 1. The highest BCUT2D eigenvalue weighted by Gasteiger charge is 2.11. The molecule has 0 amide bonds. The van der Waals surface area contributed by atoms with Gasteiger partial charge in [0, 0.05) is 22.4 Å². The van der Waals surface area contributed by atoms with E-state index in [1.807, 2.05) is 18.2 Å². The smallest absolute Gasteiger partial charge is 0.134 e. The lowest BCUT2D eigenvalue weighted by Gasteiger charge is -2.11. The Kier molecular flexibility index (Phi) is 4.31. The molecule has 1 atom stereocenters. The molecule has 1 aromatic carbocycles. The van der Waals surface area contributed by atoms with E-state index in [2.05, 4.69) is 32.2 Å². The van der Waals surface area contributed by atoms with E-state index in [4.69, 9.17) is 16.0 Å². The van der Waals surface area contributed by atoms with Gasteiger partial charge in [-0.25, -0.2) is 0 Å². The van der Waals surface area contributed by atoms with E-state index in [-0.39, 0.29) is 0 Å². The molecule has 1 N–H and O–H groups in total. The first-order valence-electron chi connectivity index (χ1n) is 6.48. The summed E-state index contributed by atoms with van der Waals surface area (Å²) < 4.78 is 5.86. The third-order valence-electron chi connectivity index (χ3n) is 3.11. The Morgan fingerprint density at radius 1 is 1.22 bits per heavy atom. The van der Waals surface area contributed by atoms with Gasteiger partial charge in [0.2, 0.25) is 0 Å². The SMILES string of the molecule is CC(C)NCCC(C)c1cc2cc(Cl)ccc2o1. The van der Waals surface area contributed by atoms with E-state index < -0.39 is 0 Å². The minimum atomic E-state index is 0.419. The van der Waals surface area contributed by atoms with Crippen molar-refractivity contribution >= 4 is 22.6 Å². The molecule has 1 unspecified atom stereocenters. The molecule has 3 heteroatoms. The highest BCUT2D eigenvalue weighted by molar-refractivity contribution is 6.31. The lowest BCUT2D eigenvalue weighted by atomic mass is 10.0. The summed E-state index contributed by atoms with van der Waals surface area (Å²) in [7, 11) is 0. The Morgan fingerprint density at radius 3 is 2.72 bits per heavy atom. The van der Waals surface area contributed by atoms with E-state index in [9.17, 15) is 0 Å². The van der Waals surface area contributed by atoms with E-state index in [1.54, 1.807) is 0 Å². The first kappa shape index (κ1) is 13.4. The standard InChI is InChI=1S/C15H20ClNO/c1-10(2)17-7-6-11(3)15-9-12-8-13(16)4-5-14(12)18-15/h4-5,8-11,17H,6-7H2,1-3H3. The van der Waals surface area contributed by atoms with Gasteiger partial charge in [-0.15, -0.1) is 0 Å². The van der Waals surface area contributed by atoms with E-state index >= 15 is 0 Å². The fraction of sp³-hybridized carbons (Fsp3) is 0.467. The van der Waals surface area contributed by atoms with Crippen LogP contribution >= 0.6 is 11.6 Å². The number of hydrogen-bond donors (Lipinski definition) is 1. The zero-order chi connectivity index (χ0) is 13.1. The summed E-state index contributed by atoms with van der Waals surface area (Å²) in [6, 6.07) is 8.37. The third-order valence-corrected chi connectivity index (χ3v) is 3.35. The fourth-order valence-electron chi connectivity index (χ4n) is 2.01. The van der Waals surface area contributed by atoms with Crippen molar-refractivity contribution in [3.05, 3.63) is 35.0 Å². The molecule has 0 aliphatic carbocycles. The minimum Gasteiger partial charge on any atom is -0.461 e. The monoisotopic (exact) mass is 265 g/mol. The van der Waals surface area contributed by atoms with Crippen molar-refractivity contribution in [2.45, 2.75) is 39.2 Å². The number of halogens is 1. The second-order valence-electron chi connectivity index (χ2n) is 5.13. The van der Waals surface area contributed by atoms with Gasteiger partial charge >= 0.3 is 0 Å². The zero-order valence-corrected chi connectivity index (χ0v) is 11.9. The molecule has 0 radical (unpaired) electrons. The maximum absolute atomic E-state index is 5.97. The zero-order valence-electron chi connectivity index (χ0n) is 11.2. The van der Waals surface area contributed by atoms with Gasteiger partial charge in [0.15, 0.2) is 0 Å². The van der Waals surface area contributed by atoms with Crippen molar-refractivity contribution in [2.75, 3.05) is 6.54 Å². The molecule has 18 heavy (non-hydrogen) atoms. The van der Waals surface area contributed by atoms with Crippen LogP contribution in [0.2, 0.25) is 5.02 Å². The average Bonchev–Trinajstić information content (AvgIpc) is 2.71. The van der Waals surface area contributed by atoms with Crippen LogP contribution in [0.25, 0.3) is 11.0 Å². The summed E-state index contributed by atoms with van der Waals surface area (Å²) in [5.74, 6) is 1.46. The van der Waals surface area contributed by atoms with Crippen molar-refractivity contribution < 1.29 is 4.42 Å². The van der Waals surface area contributed by atoms with Crippen LogP contribution in [0.3, 0.4) is 0 Å². The van der Waals surface area contributed by atoms with Gasteiger partial charge in [0.05, 0.1) is 0 Å². The van der Waals surface area contributed by atoms with Gasteiger partial charge in [0.1, 0.15) is 11.3 Å². The second-order valence-corrected chi connectivity index (χ2v) is 5.57. The first-order chi connectivity index (χ1) is 8.56. The van der Waals surface area contributed by atoms with E-state index in [1.165, 1.54) is 0 Å². The Hall–Kier alpha value is -0.990.